The summed E-state index contributed by atoms with van der Waals surface area (Å²) >= 11 is 0. The fourth-order valence-corrected chi connectivity index (χ4v) is 5.82. The van der Waals surface area contributed by atoms with Gasteiger partial charge in [0.05, 0.1) is 26.2 Å². The molecule has 23 heteroatoms. The molecule has 0 aliphatic carbocycles. The van der Waals surface area contributed by atoms with E-state index in [4.69, 9.17) is 15.9 Å². The van der Waals surface area contributed by atoms with Crippen molar-refractivity contribution in [3.05, 3.63) is 0 Å². The molecular weight excluding hydrogens is 758 g/mol. The highest BCUT2D eigenvalue weighted by molar-refractivity contribution is 5.86. The summed E-state index contributed by atoms with van der Waals surface area (Å²) in [6.07, 6.45) is 1.86. The second kappa shape index (κ2) is 28.3. The number of primary amides is 1. The van der Waals surface area contributed by atoms with Crippen LogP contribution in [0.2, 0.25) is 0 Å². The number of amides is 5. The molecule has 2 atom stereocenters. The number of hydrogen-bond donors (Lipinski definition) is 10. The Morgan fingerprint density at radius 1 is 0.474 bits per heavy atom. The van der Waals surface area contributed by atoms with Crippen molar-refractivity contribution in [3.63, 3.8) is 0 Å². The fraction of sp³-hybridized carbons (Fsp3) is 0.735. The smallest absolute Gasteiger partial charge is 0.326 e. The van der Waals surface area contributed by atoms with E-state index in [9.17, 15) is 58.5 Å². The molecule has 0 bridgehead atoms. The van der Waals surface area contributed by atoms with Gasteiger partial charge in [0.15, 0.2) is 0 Å². The Labute approximate surface area is 330 Å². The van der Waals surface area contributed by atoms with E-state index in [0.717, 1.165) is 0 Å². The van der Waals surface area contributed by atoms with Gasteiger partial charge in [-0.1, -0.05) is 6.42 Å². The van der Waals surface area contributed by atoms with Crippen molar-refractivity contribution >= 4 is 53.6 Å². The number of nitrogens with zero attached hydrogens (tertiary/aromatic N) is 4. The van der Waals surface area contributed by atoms with Crippen LogP contribution < -0.4 is 27.0 Å². The normalized spacial score (nSPS) is 16.1. The first-order valence-electron chi connectivity index (χ1n) is 18.8. The standard InChI is InChI=1S/C34H59N9O14/c35-26(44)20-40-12-16-42(22-30(49)50)18-14-41(15-19-43(17-13-40)23-31(51)52)21-28(46)37-10-4-1-2-7-27(45)36-11-5-3-6-24(32(53)54)38-34(57)39-25(33(55)56)8-9-29(47)48/h24-25H,1-23H2,(H2,35,44)(H,36,45)(H,37,46)(H,47,48)(H,49,50)(H,51,52)(H,53,54)(H,55,56)(H2,38,39,57). The number of unbranched alkanes of at least 4 members (excludes halogenated alkanes) is 3. The molecule has 0 aromatic heterocycles. The minimum absolute atomic E-state index is 0.000157. The summed E-state index contributed by atoms with van der Waals surface area (Å²) < 4.78 is 0. The lowest BCUT2D eigenvalue weighted by atomic mass is 10.1. The van der Waals surface area contributed by atoms with Gasteiger partial charge in [0.1, 0.15) is 12.1 Å². The molecule has 0 saturated carbocycles. The summed E-state index contributed by atoms with van der Waals surface area (Å²) in [5, 5.41) is 55.9. The first-order chi connectivity index (χ1) is 26.9. The maximum absolute atomic E-state index is 12.8. The van der Waals surface area contributed by atoms with E-state index in [2.05, 4.69) is 21.3 Å². The van der Waals surface area contributed by atoms with Crippen LogP contribution in [0.4, 0.5) is 4.79 Å². The van der Waals surface area contributed by atoms with Crippen LogP contribution >= 0.6 is 0 Å². The van der Waals surface area contributed by atoms with Gasteiger partial charge in [0.2, 0.25) is 17.7 Å². The zero-order chi connectivity index (χ0) is 42.8. The van der Waals surface area contributed by atoms with Crippen LogP contribution in [-0.4, -0.2) is 202 Å². The lowest BCUT2D eigenvalue weighted by Gasteiger charge is -2.33. The van der Waals surface area contributed by atoms with E-state index in [1.807, 2.05) is 4.90 Å². The number of carbonyl (C=O) groups excluding carboxylic acids is 4. The van der Waals surface area contributed by atoms with Crippen molar-refractivity contribution in [2.24, 2.45) is 5.73 Å². The summed E-state index contributed by atoms with van der Waals surface area (Å²) in [5.74, 6) is -7.12. The maximum Gasteiger partial charge on any atom is 0.326 e. The van der Waals surface area contributed by atoms with Crippen LogP contribution in [0, 0.1) is 0 Å². The van der Waals surface area contributed by atoms with Crippen LogP contribution in [-0.2, 0) is 38.4 Å². The van der Waals surface area contributed by atoms with Crippen LogP contribution in [0.5, 0.6) is 0 Å². The van der Waals surface area contributed by atoms with E-state index in [1.165, 1.54) is 0 Å². The van der Waals surface area contributed by atoms with Gasteiger partial charge in [-0.05, 0) is 38.5 Å². The number of rotatable bonds is 26. The zero-order valence-corrected chi connectivity index (χ0v) is 32.2. The third-order valence-corrected chi connectivity index (χ3v) is 8.89. The predicted molar refractivity (Wildman–Crippen MR) is 200 cm³/mol. The summed E-state index contributed by atoms with van der Waals surface area (Å²) in [7, 11) is 0. The number of hydrogen-bond acceptors (Lipinski definition) is 13. The molecular formula is C34H59N9O14. The monoisotopic (exact) mass is 817 g/mol. The Morgan fingerprint density at radius 2 is 0.895 bits per heavy atom. The molecule has 23 nitrogen and oxygen atoms in total. The van der Waals surface area contributed by atoms with Crippen LogP contribution in [0.15, 0.2) is 0 Å². The van der Waals surface area contributed by atoms with Crippen molar-refractivity contribution in [2.45, 2.75) is 69.9 Å². The van der Waals surface area contributed by atoms with Crippen LogP contribution in [0.25, 0.3) is 0 Å². The predicted octanol–water partition coefficient (Wildman–Crippen LogP) is -3.10. The number of aliphatic carboxylic acids is 5. The van der Waals surface area contributed by atoms with Gasteiger partial charge in [0.25, 0.3) is 0 Å². The van der Waals surface area contributed by atoms with Gasteiger partial charge >= 0.3 is 35.9 Å². The molecule has 1 aliphatic rings. The molecule has 0 radical (unpaired) electrons. The Kier molecular flexibility index (Phi) is 24.8. The second-order valence-corrected chi connectivity index (χ2v) is 13.7. The number of carboxylic acids is 5. The van der Waals surface area contributed by atoms with E-state index in [-0.39, 0.29) is 63.8 Å². The Morgan fingerprint density at radius 3 is 1.33 bits per heavy atom. The van der Waals surface area contributed by atoms with Gasteiger partial charge in [-0.25, -0.2) is 14.4 Å². The summed E-state index contributed by atoms with van der Waals surface area (Å²) in [6, 6.07) is -3.91. The second-order valence-electron chi connectivity index (χ2n) is 13.7. The van der Waals surface area contributed by atoms with Gasteiger partial charge < -0.3 is 52.5 Å². The highest BCUT2D eigenvalue weighted by Crippen LogP contribution is 2.05. The van der Waals surface area contributed by atoms with E-state index >= 15 is 0 Å². The van der Waals surface area contributed by atoms with Gasteiger partial charge in [-0.2, -0.15) is 0 Å². The molecule has 1 heterocycles. The average Bonchev–Trinajstić information content (AvgIpc) is 3.10. The van der Waals surface area contributed by atoms with Crippen molar-refractivity contribution in [1.82, 2.24) is 40.9 Å². The van der Waals surface area contributed by atoms with Gasteiger partial charge in [-0.15, -0.1) is 0 Å². The molecule has 5 amide bonds. The first kappa shape index (κ1) is 49.9. The quantitative estimate of drug-likeness (QED) is 0.0386. The first-order valence-corrected chi connectivity index (χ1v) is 18.8. The third-order valence-electron chi connectivity index (χ3n) is 8.89. The van der Waals surface area contributed by atoms with E-state index in [1.54, 1.807) is 14.7 Å². The molecule has 11 N–H and O–H groups in total. The Hall–Kier alpha value is -5.13. The van der Waals surface area contributed by atoms with Crippen LogP contribution in [0.1, 0.15) is 57.8 Å². The number of nitrogens with two attached hydrogens (primary N) is 1. The number of carboxylic acid groups (broad SMARTS) is 5. The maximum atomic E-state index is 12.8. The highest BCUT2D eigenvalue weighted by atomic mass is 16.4. The highest BCUT2D eigenvalue weighted by Gasteiger charge is 2.25. The molecule has 57 heavy (non-hydrogen) atoms. The molecule has 1 fully saturated rings. The molecule has 1 aliphatic heterocycles. The molecule has 0 aromatic rings. The van der Waals surface area contributed by atoms with E-state index < -0.39 is 60.3 Å². The average molecular weight is 818 g/mol. The number of nitrogens with one attached hydrogen (secondary N) is 4. The van der Waals surface area contributed by atoms with Gasteiger partial charge in [-0.3, -0.25) is 48.4 Å². The van der Waals surface area contributed by atoms with Crippen molar-refractivity contribution < 1.29 is 68.7 Å². The summed E-state index contributed by atoms with van der Waals surface area (Å²) in [5.41, 5.74) is 5.38. The Bertz CT molecular complexity index is 1320. The SMILES string of the molecule is NC(=O)CN1CCN(CC(=O)O)CCN(CC(=O)NCCCCCC(=O)NCCCCC(NC(=O)NC(CCC(=O)O)C(=O)O)C(=O)O)CCN(CC(=O)O)CC1. The van der Waals surface area contributed by atoms with E-state index in [0.29, 0.717) is 91.0 Å². The molecule has 1 rings (SSSR count). The topological polar surface area (TPSA) is 342 Å². The lowest BCUT2D eigenvalue weighted by Crippen LogP contribution is -2.51. The third kappa shape index (κ3) is 25.6. The minimum atomic E-state index is -1.51. The number of urea groups is 1. The summed E-state index contributed by atoms with van der Waals surface area (Å²) in [6.45, 7) is 2.75. The molecule has 1 saturated heterocycles. The molecule has 324 valence electrons. The Balaban J connectivity index is 2.44. The number of carbonyl (C=O) groups is 9. The molecule has 2 unspecified atom stereocenters. The van der Waals surface area contributed by atoms with Crippen LogP contribution in [0.3, 0.4) is 0 Å². The molecule has 0 spiro atoms. The molecule has 0 aromatic carbocycles. The fourth-order valence-electron chi connectivity index (χ4n) is 5.82. The lowest BCUT2D eigenvalue weighted by molar-refractivity contribution is -0.141. The summed E-state index contributed by atoms with van der Waals surface area (Å²) in [4.78, 5) is 112. The zero-order valence-electron chi connectivity index (χ0n) is 32.2. The van der Waals surface area contributed by atoms with Crippen molar-refractivity contribution in [1.29, 1.82) is 0 Å². The minimum Gasteiger partial charge on any atom is -0.481 e. The largest absolute Gasteiger partial charge is 0.481 e. The van der Waals surface area contributed by atoms with Gasteiger partial charge in [0, 0.05) is 78.3 Å². The van der Waals surface area contributed by atoms with Crippen molar-refractivity contribution in [3.8, 4) is 0 Å². The van der Waals surface area contributed by atoms with Crippen molar-refractivity contribution in [2.75, 3.05) is 91.6 Å².